The number of hydrogen-bond acceptors (Lipinski definition) is 7. The van der Waals surface area contributed by atoms with Crippen molar-refractivity contribution in [1.29, 1.82) is 0 Å². The van der Waals surface area contributed by atoms with Crippen molar-refractivity contribution in [2.75, 3.05) is 19.8 Å². The minimum Gasteiger partial charge on any atom is -0.393 e. The first-order valence-electron chi connectivity index (χ1n) is 21.1. The van der Waals surface area contributed by atoms with Crippen LogP contribution in [0.2, 0.25) is 0 Å². The van der Waals surface area contributed by atoms with Crippen LogP contribution in [-0.2, 0) is 9.47 Å². The van der Waals surface area contributed by atoms with Crippen LogP contribution in [0.25, 0.3) is 0 Å². The van der Waals surface area contributed by atoms with E-state index in [1.54, 1.807) is 0 Å². The van der Waals surface area contributed by atoms with Gasteiger partial charge in [0, 0.05) is 12.5 Å². The molecule has 1 aliphatic heterocycles. The zero-order chi connectivity index (χ0) is 34.3. The van der Waals surface area contributed by atoms with E-state index in [1.807, 2.05) is 0 Å². The molecule has 0 aromatic rings. The van der Waals surface area contributed by atoms with Gasteiger partial charge >= 0.3 is 0 Å². The summed E-state index contributed by atoms with van der Waals surface area (Å²) in [4.78, 5) is 0. The molecule has 1 saturated heterocycles. The van der Waals surface area contributed by atoms with E-state index in [0.717, 1.165) is 31.1 Å². The SMILES string of the molecule is CCCCCCCCCCCCCOCC(O)COC1CCC(C2NC(C3CCC(C)CC3C)NC(C3CCC(C)CC3C)N2)C(O)C1. The molecule has 4 aliphatic rings. The van der Waals surface area contributed by atoms with Crippen LogP contribution in [0.3, 0.4) is 0 Å². The van der Waals surface area contributed by atoms with E-state index >= 15 is 0 Å². The predicted molar refractivity (Wildman–Crippen MR) is 198 cm³/mol. The van der Waals surface area contributed by atoms with E-state index in [9.17, 15) is 10.2 Å². The summed E-state index contributed by atoms with van der Waals surface area (Å²) in [5.41, 5.74) is 0. The molecule has 48 heavy (non-hydrogen) atoms. The Bertz CT molecular complexity index is 815. The Labute approximate surface area is 296 Å². The summed E-state index contributed by atoms with van der Waals surface area (Å²) in [6, 6.07) is 0. The topological polar surface area (TPSA) is 95.0 Å². The standard InChI is InChI=1S/C41H79N3O4/c1-6-7-8-9-10-11-12-13-14-15-16-23-47-27-33(45)28-48-34-19-22-37(38(46)26-34)41-43-39(35-20-17-29(2)24-31(35)4)42-40(44-41)36-21-18-30(3)25-32(36)5/h29-46H,6-28H2,1-5H3. The lowest BCUT2D eigenvalue weighted by molar-refractivity contribution is -0.0897. The van der Waals surface area contributed by atoms with Crippen LogP contribution in [0.5, 0.6) is 0 Å². The van der Waals surface area contributed by atoms with Crippen LogP contribution in [0.1, 0.15) is 163 Å². The number of aliphatic hydroxyl groups excluding tert-OH is 2. The fourth-order valence-corrected chi connectivity index (χ4v) is 9.89. The smallest absolute Gasteiger partial charge is 0.101 e. The second-order valence-electron chi connectivity index (χ2n) is 17.3. The van der Waals surface area contributed by atoms with Crippen molar-refractivity contribution < 1.29 is 19.7 Å². The van der Waals surface area contributed by atoms with Crippen molar-refractivity contribution in [2.45, 2.75) is 200 Å². The van der Waals surface area contributed by atoms with Gasteiger partial charge in [0.2, 0.25) is 0 Å². The molecule has 7 heteroatoms. The van der Waals surface area contributed by atoms with Gasteiger partial charge in [0.25, 0.3) is 0 Å². The second-order valence-corrected chi connectivity index (χ2v) is 17.3. The summed E-state index contributed by atoms with van der Waals surface area (Å²) in [7, 11) is 0. The van der Waals surface area contributed by atoms with Crippen molar-refractivity contribution in [3.05, 3.63) is 0 Å². The van der Waals surface area contributed by atoms with Gasteiger partial charge in [0.1, 0.15) is 6.10 Å². The van der Waals surface area contributed by atoms with Crippen molar-refractivity contribution in [3.63, 3.8) is 0 Å². The zero-order valence-electron chi connectivity index (χ0n) is 32.0. The highest BCUT2D eigenvalue weighted by Crippen LogP contribution is 2.40. The molecule has 0 amide bonds. The molecular formula is C41H79N3O4. The van der Waals surface area contributed by atoms with Gasteiger partial charge in [0.15, 0.2) is 0 Å². The summed E-state index contributed by atoms with van der Waals surface area (Å²) < 4.78 is 11.9. The summed E-state index contributed by atoms with van der Waals surface area (Å²) >= 11 is 0. The van der Waals surface area contributed by atoms with E-state index in [4.69, 9.17) is 9.47 Å². The van der Waals surface area contributed by atoms with Crippen molar-refractivity contribution in [1.82, 2.24) is 16.0 Å². The van der Waals surface area contributed by atoms with Crippen LogP contribution in [0.15, 0.2) is 0 Å². The second kappa shape index (κ2) is 21.9. The molecule has 7 nitrogen and oxygen atoms in total. The van der Waals surface area contributed by atoms with Gasteiger partial charge < -0.3 is 19.7 Å². The minimum atomic E-state index is -0.609. The normalized spacial score (nSPS) is 38.6. The third-order valence-corrected chi connectivity index (χ3v) is 12.9. The molecule has 0 bridgehead atoms. The Morgan fingerprint density at radius 2 is 1.06 bits per heavy atom. The van der Waals surface area contributed by atoms with Gasteiger partial charge in [-0.25, -0.2) is 0 Å². The third-order valence-electron chi connectivity index (χ3n) is 12.9. The van der Waals surface area contributed by atoms with E-state index in [-0.39, 0.29) is 37.1 Å². The lowest BCUT2D eigenvalue weighted by Crippen LogP contribution is -2.74. The first kappa shape index (κ1) is 40.5. The van der Waals surface area contributed by atoms with Crippen LogP contribution >= 0.6 is 0 Å². The number of rotatable bonds is 20. The Kier molecular flexibility index (Phi) is 18.5. The average molecular weight is 678 g/mol. The van der Waals surface area contributed by atoms with Crippen LogP contribution < -0.4 is 16.0 Å². The van der Waals surface area contributed by atoms with Crippen LogP contribution in [0.4, 0.5) is 0 Å². The fourth-order valence-electron chi connectivity index (χ4n) is 9.89. The van der Waals surface area contributed by atoms with Gasteiger partial charge in [0.05, 0.1) is 43.9 Å². The van der Waals surface area contributed by atoms with Gasteiger partial charge in [-0.2, -0.15) is 0 Å². The lowest BCUT2D eigenvalue weighted by atomic mass is 9.71. The molecule has 4 rings (SSSR count). The molecule has 12 unspecified atom stereocenters. The van der Waals surface area contributed by atoms with Gasteiger partial charge in [-0.15, -0.1) is 0 Å². The maximum absolute atomic E-state index is 11.5. The Morgan fingerprint density at radius 3 is 1.56 bits per heavy atom. The van der Waals surface area contributed by atoms with Crippen LogP contribution in [-0.4, -0.2) is 66.8 Å². The monoisotopic (exact) mass is 678 g/mol. The van der Waals surface area contributed by atoms with Gasteiger partial charge in [-0.1, -0.05) is 112 Å². The first-order chi connectivity index (χ1) is 23.2. The Morgan fingerprint density at radius 1 is 0.583 bits per heavy atom. The van der Waals surface area contributed by atoms with E-state index in [1.165, 1.54) is 103 Å². The van der Waals surface area contributed by atoms with Crippen molar-refractivity contribution in [3.8, 4) is 0 Å². The fraction of sp³-hybridized carbons (Fsp3) is 1.00. The van der Waals surface area contributed by atoms with Crippen LogP contribution in [0, 0.1) is 41.4 Å². The Balaban J connectivity index is 1.14. The number of nitrogens with one attached hydrogen (secondary N) is 3. The van der Waals surface area contributed by atoms with E-state index < -0.39 is 12.2 Å². The molecule has 3 saturated carbocycles. The molecule has 3 aliphatic carbocycles. The van der Waals surface area contributed by atoms with Gasteiger partial charge in [-0.3, -0.25) is 16.0 Å². The first-order valence-corrected chi connectivity index (χ1v) is 21.1. The number of ether oxygens (including phenoxy) is 2. The quantitative estimate of drug-likeness (QED) is 0.0831. The number of aliphatic hydroxyl groups is 2. The molecule has 0 radical (unpaired) electrons. The molecule has 0 aromatic heterocycles. The summed E-state index contributed by atoms with van der Waals surface area (Å²) in [5.74, 6) is 4.45. The van der Waals surface area contributed by atoms with Crippen molar-refractivity contribution >= 4 is 0 Å². The molecule has 282 valence electrons. The molecule has 12 atom stereocenters. The maximum atomic E-state index is 11.5. The molecule has 0 spiro atoms. The average Bonchev–Trinajstić information content (AvgIpc) is 3.05. The molecule has 5 N–H and O–H groups in total. The zero-order valence-corrected chi connectivity index (χ0v) is 32.0. The Hall–Kier alpha value is -0.280. The predicted octanol–water partition coefficient (Wildman–Crippen LogP) is 8.13. The van der Waals surface area contributed by atoms with Gasteiger partial charge in [-0.05, 0) is 86.9 Å². The molecular weight excluding hydrogens is 598 g/mol. The summed E-state index contributed by atoms with van der Waals surface area (Å²) in [5, 5.41) is 34.1. The largest absolute Gasteiger partial charge is 0.393 e. The van der Waals surface area contributed by atoms with E-state index in [2.05, 4.69) is 50.6 Å². The molecule has 4 fully saturated rings. The summed E-state index contributed by atoms with van der Waals surface area (Å²) in [6.45, 7) is 13.3. The highest BCUT2D eigenvalue weighted by atomic mass is 16.5. The third kappa shape index (κ3) is 13.4. The highest BCUT2D eigenvalue weighted by Gasteiger charge is 2.45. The van der Waals surface area contributed by atoms with E-state index in [0.29, 0.717) is 43.3 Å². The van der Waals surface area contributed by atoms with Crippen molar-refractivity contribution in [2.24, 2.45) is 41.4 Å². The maximum Gasteiger partial charge on any atom is 0.101 e. The number of unbranched alkanes of at least 4 members (excludes halogenated alkanes) is 10. The lowest BCUT2D eigenvalue weighted by Gasteiger charge is -2.52. The molecule has 1 heterocycles. The number of hydrogen-bond donors (Lipinski definition) is 5. The minimum absolute atomic E-state index is 0.00874. The molecule has 0 aromatic carbocycles. The summed E-state index contributed by atoms with van der Waals surface area (Å²) in [6.07, 6.45) is 24.5. The highest BCUT2D eigenvalue weighted by molar-refractivity contribution is 4.98.